The lowest BCUT2D eigenvalue weighted by Crippen LogP contribution is -2.34. The molecule has 182 valence electrons. The zero-order valence-corrected chi connectivity index (χ0v) is 19.2. The number of hydrogen-bond acceptors (Lipinski definition) is 5. The van der Waals surface area contributed by atoms with E-state index in [0.717, 1.165) is 60.5 Å². The monoisotopic (exact) mass is 502 g/mol. The number of amides is 1. The molecular weight excluding hydrogens is 481 g/mol. The van der Waals surface area contributed by atoms with E-state index in [1.807, 2.05) is 24.3 Å². The highest BCUT2D eigenvalue weighted by Crippen LogP contribution is 2.28. The summed E-state index contributed by atoms with van der Waals surface area (Å²) < 4.78 is 42.9. The van der Waals surface area contributed by atoms with Gasteiger partial charge in [0.2, 0.25) is 5.91 Å². The van der Waals surface area contributed by atoms with E-state index < -0.39 is 17.7 Å². The SMILES string of the molecule is O=C(CSc1nc2c([nH]c3ccccc32)c(=O)n1-c1ccc(OC(F)(F)F)cc1)NC1CCCC1. The number of hydrogen-bond donors (Lipinski definition) is 2. The van der Waals surface area contributed by atoms with Gasteiger partial charge in [0.15, 0.2) is 5.16 Å². The van der Waals surface area contributed by atoms with E-state index in [-0.39, 0.29) is 28.4 Å². The number of aromatic amines is 1. The summed E-state index contributed by atoms with van der Waals surface area (Å²) in [6.07, 6.45) is -0.744. The lowest BCUT2D eigenvalue weighted by Gasteiger charge is -2.15. The quantitative estimate of drug-likeness (QED) is 0.289. The normalized spacial score (nSPS) is 14.6. The summed E-state index contributed by atoms with van der Waals surface area (Å²) in [7, 11) is 0. The number of H-pyrrole nitrogens is 1. The van der Waals surface area contributed by atoms with Crippen LogP contribution in [0.1, 0.15) is 25.7 Å². The van der Waals surface area contributed by atoms with E-state index in [4.69, 9.17) is 0 Å². The van der Waals surface area contributed by atoms with Crippen LogP contribution in [-0.4, -0.2) is 38.6 Å². The molecule has 1 aliphatic carbocycles. The fraction of sp³-hybridized carbons (Fsp3) is 0.292. The minimum Gasteiger partial charge on any atom is -0.406 e. The standard InChI is InChI=1S/C24H21F3N4O3S/c25-24(26,27)34-16-11-9-15(10-12-16)31-22(33)21-20(17-7-3-4-8-18(17)29-21)30-23(31)35-13-19(32)28-14-5-1-2-6-14/h3-4,7-12,14,29H,1-2,5-6,13H2,(H,28,32). The summed E-state index contributed by atoms with van der Waals surface area (Å²) in [5.74, 6) is -0.513. The molecule has 35 heavy (non-hydrogen) atoms. The Labute approximate surface area is 201 Å². The largest absolute Gasteiger partial charge is 0.573 e. The molecule has 11 heteroatoms. The average Bonchev–Trinajstić information content (AvgIpc) is 3.45. The Balaban J connectivity index is 1.54. The molecule has 4 aromatic rings. The number of nitrogens with zero attached hydrogens (tertiary/aromatic N) is 2. The Kier molecular flexibility index (Phi) is 6.18. The minimum absolute atomic E-state index is 0.0477. The first-order chi connectivity index (χ1) is 16.8. The van der Waals surface area contributed by atoms with Gasteiger partial charge in [0, 0.05) is 16.9 Å². The van der Waals surface area contributed by atoms with Gasteiger partial charge in [-0.2, -0.15) is 0 Å². The molecular formula is C24H21F3N4O3S. The Morgan fingerprint density at radius 3 is 2.57 bits per heavy atom. The second-order valence-electron chi connectivity index (χ2n) is 8.31. The summed E-state index contributed by atoms with van der Waals surface area (Å²) in [5, 5.41) is 4.03. The molecule has 0 unspecified atom stereocenters. The molecule has 1 amide bonds. The number of rotatable bonds is 6. The fourth-order valence-electron chi connectivity index (χ4n) is 4.33. The van der Waals surface area contributed by atoms with Gasteiger partial charge in [0.25, 0.3) is 5.56 Å². The summed E-state index contributed by atoms with van der Waals surface area (Å²) in [6.45, 7) is 0. The van der Waals surface area contributed by atoms with E-state index >= 15 is 0 Å². The molecule has 0 aliphatic heterocycles. The first kappa shape index (κ1) is 23.3. The number of aromatic nitrogens is 3. The van der Waals surface area contributed by atoms with Crippen molar-refractivity contribution in [2.24, 2.45) is 0 Å². The van der Waals surface area contributed by atoms with E-state index in [1.54, 1.807) is 0 Å². The van der Waals surface area contributed by atoms with Crippen LogP contribution < -0.4 is 15.6 Å². The molecule has 1 saturated carbocycles. The smallest absolute Gasteiger partial charge is 0.406 e. The number of halogens is 3. The summed E-state index contributed by atoms with van der Waals surface area (Å²) in [5.41, 5.74) is 1.35. The van der Waals surface area contributed by atoms with Crippen molar-refractivity contribution < 1.29 is 22.7 Å². The number of ether oxygens (including phenoxy) is 1. The summed E-state index contributed by atoms with van der Waals surface area (Å²) in [6, 6.07) is 12.5. The number of nitrogens with one attached hydrogen (secondary N) is 2. The van der Waals surface area contributed by atoms with Crippen molar-refractivity contribution >= 4 is 39.6 Å². The van der Waals surface area contributed by atoms with Crippen LogP contribution in [0.25, 0.3) is 27.6 Å². The predicted octanol–water partition coefficient (Wildman–Crippen LogP) is 4.92. The molecule has 2 aromatic carbocycles. The van der Waals surface area contributed by atoms with E-state index in [9.17, 15) is 22.8 Å². The highest BCUT2D eigenvalue weighted by molar-refractivity contribution is 7.99. The van der Waals surface area contributed by atoms with Gasteiger partial charge in [0.1, 0.15) is 16.8 Å². The zero-order valence-electron chi connectivity index (χ0n) is 18.4. The first-order valence-corrected chi connectivity index (χ1v) is 12.1. The van der Waals surface area contributed by atoms with Crippen molar-refractivity contribution in [1.82, 2.24) is 19.9 Å². The van der Waals surface area contributed by atoms with Gasteiger partial charge in [-0.15, -0.1) is 13.2 Å². The maximum Gasteiger partial charge on any atom is 0.573 e. The topological polar surface area (TPSA) is 89.0 Å². The number of carbonyl (C=O) groups is 1. The van der Waals surface area contributed by atoms with Crippen LogP contribution in [0.5, 0.6) is 5.75 Å². The lowest BCUT2D eigenvalue weighted by molar-refractivity contribution is -0.274. The zero-order chi connectivity index (χ0) is 24.6. The number of alkyl halides is 3. The van der Waals surface area contributed by atoms with Crippen molar-refractivity contribution in [3.63, 3.8) is 0 Å². The Morgan fingerprint density at radius 1 is 1.14 bits per heavy atom. The maximum absolute atomic E-state index is 13.5. The van der Waals surface area contributed by atoms with Gasteiger partial charge in [-0.05, 0) is 43.2 Å². The molecule has 1 fully saturated rings. The second-order valence-corrected chi connectivity index (χ2v) is 9.25. The Bertz CT molecular complexity index is 1440. The van der Waals surface area contributed by atoms with E-state index in [0.29, 0.717) is 11.2 Å². The van der Waals surface area contributed by atoms with Crippen LogP contribution >= 0.6 is 11.8 Å². The molecule has 2 N–H and O–H groups in total. The third-order valence-corrected chi connectivity index (χ3v) is 6.81. The van der Waals surface area contributed by atoms with Crippen LogP contribution in [-0.2, 0) is 4.79 Å². The molecule has 1 aliphatic rings. The van der Waals surface area contributed by atoms with E-state index in [2.05, 4.69) is 20.0 Å². The van der Waals surface area contributed by atoms with Crippen molar-refractivity contribution in [3.8, 4) is 11.4 Å². The van der Waals surface area contributed by atoms with Crippen molar-refractivity contribution in [2.75, 3.05) is 5.75 Å². The number of thioether (sulfide) groups is 1. The highest BCUT2D eigenvalue weighted by Gasteiger charge is 2.31. The maximum atomic E-state index is 13.5. The van der Waals surface area contributed by atoms with Crippen LogP contribution in [0.15, 0.2) is 58.5 Å². The predicted molar refractivity (Wildman–Crippen MR) is 127 cm³/mol. The van der Waals surface area contributed by atoms with Gasteiger partial charge < -0.3 is 15.0 Å². The van der Waals surface area contributed by atoms with Crippen molar-refractivity contribution in [1.29, 1.82) is 0 Å². The number of para-hydroxylation sites is 1. The second kappa shape index (κ2) is 9.29. The highest BCUT2D eigenvalue weighted by atomic mass is 32.2. The summed E-state index contributed by atoms with van der Waals surface area (Å²) >= 11 is 1.10. The molecule has 2 aromatic heterocycles. The third-order valence-electron chi connectivity index (χ3n) is 5.88. The lowest BCUT2D eigenvalue weighted by atomic mass is 10.2. The number of fused-ring (bicyclic) bond motifs is 3. The van der Waals surface area contributed by atoms with Crippen molar-refractivity contribution in [2.45, 2.75) is 43.2 Å². The Morgan fingerprint density at radius 2 is 1.86 bits per heavy atom. The number of carbonyl (C=O) groups excluding carboxylic acids is 1. The van der Waals surface area contributed by atoms with Crippen LogP contribution in [0.2, 0.25) is 0 Å². The third kappa shape index (κ3) is 5.00. The van der Waals surface area contributed by atoms with Gasteiger partial charge >= 0.3 is 6.36 Å². The molecule has 0 spiro atoms. The minimum atomic E-state index is -4.82. The van der Waals surface area contributed by atoms with Gasteiger partial charge in [-0.3, -0.25) is 14.2 Å². The Hall–Kier alpha value is -3.47. The summed E-state index contributed by atoms with van der Waals surface area (Å²) in [4.78, 5) is 33.8. The molecule has 7 nitrogen and oxygen atoms in total. The van der Waals surface area contributed by atoms with Gasteiger partial charge in [-0.25, -0.2) is 4.98 Å². The molecule has 0 saturated heterocycles. The van der Waals surface area contributed by atoms with Gasteiger partial charge in [0.05, 0.1) is 11.4 Å². The van der Waals surface area contributed by atoms with Crippen LogP contribution in [0.3, 0.4) is 0 Å². The van der Waals surface area contributed by atoms with Crippen LogP contribution in [0, 0.1) is 0 Å². The first-order valence-electron chi connectivity index (χ1n) is 11.1. The van der Waals surface area contributed by atoms with Gasteiger partial charge in [-0.1, -0.05) is 42.8 Å². The molecule has 0 bridgehead atoms. The van der Waals surface area contributed by atoms with Crippen molar-refractivity contribution in [3.05, 3.63) is 58.9 Å². The van der Waals surface area contributed by atoms with Crippen LogP contribution in [0.4, 0.5) is 13.2 Å². The average molecular weight is 503 g/mol. The van der Waals surface area contributed by atoms with E-state index in [1.165, 1.54) is 16.7 Å². The molecule has 2 heterocycles. The molecule has 0 atom stereocenters. The fourth-order valence-corrected chi connectivity index (χ4v) is 5.15. The number of benzene rings is 2. The molecule has 0 radical (unpaired) electrons. The molecule has 5 rings (SSSR count).